The Kier molecular flexibility index (Phi) is 4.38. The van der Waals surface area contributed by atoms with E-state index < -0.39 is 0 Å². The van der Waals surface area contributed by atoms with E-state index in [2.05, 4.69) is 13.8 Å². The maximum absolute atomic E-state index is 12.9. The first-order valence-corrected chi connectivity index (χ1v) is 8.69. The Balaban J connectivity index is 1.69. The molecule has 5 nitrogen and oxygen atoms in total. The van der Waals surface area contributed by atoms with Gasteiger partial charge in [-0.2, -0.15) is 0 Å². The molecule has 0 spiro atoms. The van der Waals surface area contributed by atoms with Crippen molar-refractivity contribution in [3.63, 3.8) is 0 Å². The summed E-state index contributed by atoms with van der Waals surface area (Å²) >= 11 is 0. The SMILES string of the molecule is Cc1ccc(N2CC(C(=O)N3CCC(N)C(C)(C)C3)CC2=O)cc1. The number of benzene rings is 1. The van der Waals surface area contributed by atoms with Crippen molar-refractivity contribution in [2.45, 2.75) is 39.7 Å². The number of carbonyl (C=O) groups is 2. The van der Waals surface area contributed by atoms with Crippen LogP contribution in [0.4, 0.5) is 5.69 Å². The minimum absolute atomic E-state index is 0.0326. The molecule has 2 unspecified atom stereocenters. The van der Waals surface area contributed by atoms with Gasteiger partial charge in [0.1, 0.15) is 0 Å². The van der Waals surface area contributed by atoms with Crippen molar-refractivity contribution in [3.8, 4) is 0 Å². The molecule has 0 aromatic heterocycles. The third-order valence-corrected chi connectivity index (χ3v) is 5.44. The van der Waals surface area contributed by atoms with Crippen LogP contribution < -0.4 is 10.6 Å². The molecule has 2 saturated heterocycles. The smallest absolute Gasteiger partial charge is 0.228 e. The second-order valence-corrected chi connectivity index (χ2v) is 7.88. The van der Waals surface area contributed by atoms with Gasteiger partial charge in [0, 0.05) is 37.8 Å². The van der Waals surface area contributed by atoms with Crippen molar-refractivity contribution in [3.05, 3.63) is 29.8 Å². The van der Waals surface area contributed by atoms with Gasteiger partial charge in [0.05, 0.1) is 5.92 Å². The van der Waals surface area contributed by atoms with Crippen LogP contribution in [0.1, 0.15) is 32.3 Å². The second-order valence-electron chi connectivity index (χ2n) is 7.88. The number of hydrogen-bond acceptors (Lipinski definition) is 3. The summed E-state index contributed by atoms with van der Waals surface area (Å²) in [4.78, 5) is 28.9. The van der Waals surface area contributed by atoms with Crippen molar-refractivity contribution in [2.75, 3.05) is 24.5 Å². The summed E-state index contributed by atoms with van der Waals surface area (Å²) in [5, 5.41) is 0. The Morgan fingerprint density at radius 3 is 2.54 bits per heavy atom. The lowest BCUT2D eigenvalue weighted by Crippen LogP contribution is -2.55. The molecule has 2 N–H and O–H groups in total. The minimum atomic E-state index is -0.246. The predicted octanol–water partition coefficient (Wildman–Crippen LogP) is 1.93. The lowest BCUT2D eigenvalue weighted by Gasteiger charge is -2.43. The highest BCUT2D eigenvalue weighted by molar-refractivity contribution is 6.00. The first-order chi connectivity index (χ1) is 11.3. The zero-order valence-corrected chi connectivity index (χ0v) is 14.8. The number of likely N-dealkylation sites (tertiary alicyclic amines) is 1. The average Bonchev–Trinajstić information content (AvgIpc) is 2.92. The van der Waals surface area contributed by atoms with Crippen LogP contribution >= 0.6 is 0 Å². The molecule has 2 aliphatic rings. The van der Waals surface area contributed by atoms with Gasteiger partial charge in [0.15, 0.2) is 0 Å². The normalized spacial score (nSPS) is 26.8. The quantitative estimate of drug-likeness (QED) is 0.901. The number of anilines is 1. The second kappa shape index (κ2) is 6.20. The molecule has 0 bridgehead atoms. The number of rotatable bonds is 2. The van der Waals surface area contributed by atoms with Crippen LogP contribution in [0.15, 0.2) is 24.3 Å². The van der Waals surface area contributed by atoms with E-state index in [-0.39, 0.29) is 29.2 Å². The van der Waals surface area contributed by atoms with Gasteiger partial charge < -0.3 is 15.5 Å². The molecule has 1 aromatic rings. The Morgan fingerprint density at radius 2 is 1.92 bits per heavy atom. The van der Waals surface area contributed by atoms with E-state index in [4.69, 9.17) is 5.73 Å². The number of carbonyl (C=O) groups excluding carboxylic acids is 2. The molecule has 2 aliphatic heterocycles. The van der Waals surface area contributed by atoms with Crippen LogP contribution in [0.25, 0.3) is 0 Å². The van der Waals surface area contributed by atoms with E-state index in [1.165, 1.54) is 0 Å². The average molecular weight is 329 g/mol. The van der Waals surface area contributed by atoms with E-state index in [0.29, 0.717) is 26.1 Å². The predicted molar refractivity (Wildman–Crippen MR) is 94.6 cm³/mol. The summed E-state index contributed by atoms with van der Waals surface area (Å²) in [6.07, 6.45) is 1.12. The van der Waals surface area contributed by atoms with E-state index in [1.807, 2.05) is 36.1 Å². The maximum atomic E-state index is 12.9. The molecular formula is C19H27N3O2. The molecule has 2 heterocycles. The number of piperidine rings is 1. The van der Waals surface area contributed by atoms with Crippen LogP contribution in [0.3, 0.4) is 0 Å². The fraction of sp³-hybridized carbons (Fsp3) is 0.579. The van der Waals surface area contributed by atoms with Crippen LogP contribution in [-0.4, -0.2) is 42.4 Å². The van der Waals surface area contributed by atoms with E-state index >= 15 is 0 Å². The molecule has 1 aromatic carbocycles. The van der Waals surface area contributed by atoms with Gasteiger partial charge in [-0.1, -0.05) is 31.5 Å². The number of nitrogens with two attached hydrogens (primary N) is 1. The molecule has 2 fully saturated rings. The fourth-order valence-electron chi connectivity index (χ4n) is 3.67. The van der Waals surface area contributed by atoms with Crippen molar-refractivity contribution < 1.29 is 9.59 Å². The van der Waals surface area contributed by atoms with Gasteiger partial charge in [0.2, 0.25) is 11.8 Å². The molecule has 0 aliphatic carbocycles. The van der Waals surface area contributed by atoms with Crippen molar-refractivity contribution in [1.29, 1.82) is 0 Å². The Morgan fingerprint density at radius 1 is 1.25 bits per heavy atom. The van der Waals surface area contributed by atoms with Crippen molar-refractivity contribution >= 4 is 17.5 Å². The molecule has 5 heteroatoms. The highest BCUT2D eigenvalue weighted by atomic mass is 16.2. The van der Waals surface area contributed by atoms with Crippen molar-refractivity contribution in [1.82, 2.24) is 4.90 Å². The van der Waals surface area contributed by atoms with Gasteiger partial charge in [-0.25, -0.2) is 0 Å². The monoisotopic (exact) mass is 329 g/mol. The molecular weight excluding hydrogens is 302 g/mol. The fourth-order valence-corrected chi connectivity index (χ4v) is 3.67. The van der Waals surface area contributed by atoms with Gasteiger partial charge in [-0.05, 0) is 30.9 Å². The van der Waals surface area contributed by atoms with Crippen molar-refractivity contribution in [2.24, 2.45) is 17.1 Å². The molecule has 3 rings (SSSR count). The van der Waals surface area contributed by atoms with Crippen LogP contribution in [0.2, 0.25) is 0 Å². The van der Waals surface area contributed by atoms with Gasteiger partial charge >= 0.3 is 0 Å². The highest BCUT2D eigenvalue weighted by Crippen LogP contribution is 2.31. The summed E-state index contributed by atoms with van der Waals surface area (Å²) in [7, 11) is 0. The number of aryl methyl sites for hydroxylation is 1. The van der Waals surface area contributed by atoms with Gasteiger partial charge in [-0.15, -0.1) is 0 Å². The Hall–Kier alpha value is -1.88. The summed E-state index contributed by atoms with van der Waals surface area (Å²) < 4.78 is 0. The Bertz CT molecular complexity index is 639. The molecule has 0 radical (unpaired) electrons. The van der Waals surface area contributed by atoms with Gasteiger partial charge in [0.25, 0.3) is 0 Å². The summed E-state index contributed by atoms with van der Waals surface area (Å²) in [5.74, 6) is -0.118. The Labute approximate surface area is 143 Å². The first kappa shape index (κ1) is 17.0. The maximum Gasteiger partial charge on any atom is 0.228 e. The third kappa shape index (κ3) is 3.18. The topological polar surface area (TPSA) is 66.6 Å². The summed E-state index contributed by atoms with van der Waals surface area (Å²) in [5.41, 5.74) is 8.12. The number of amides is 2. The standard InChI is InChI=1S/C19H27N3O2/c1-13-4-6-15(7-5-13)22-11-14(10-17(22)23)18(24)21-9-8-16(20)19(2,3)12-21/h4-7,14,16H,8-12,20H2,1-3H3. The minimum Gasteiger partial charge on any atom is -0.342 e. The zero-order valence-electron chi connectivity index (χ0n) is 14.8. The molecule has 2 atom stereocenters. The first-order valence-electron chi connectivity index (χ1n) is 8.69. The molecule has 24 heavy (non-hydrogen) atoms. The summed E-state index contributed by atoms with van der Waals surface area (Å²) in [6.45, 7) is 8.07. The third-order valence-electron chi connectivity index (χ3n) is 5.44. The molecule has 0 saturated carbocycles. The van der Waals surface area contributed by atoms with Crippen LogP contribution in [0, 0.1) is 18.3 Å². The number of nitrogens with zero attached hydrogens (tertiary/aromatic N) is 2. The largest absolute Gasteiger partial charge is 0.342 e. The number of hydrogen-bond donors (Lipinski definition) is 1. The van der Waals surface area contributed by atoms with Gasteiger partial charge in [-0.3, -0.25) is 9.59 Å². The van der Waals surface area contributed by atoms with Crippen LogP contribution in [0.5, 0.6) is 0 Å². The van der Waals surface area contributed by atoms with E-state index in [1.54, 1.807) is 4.90 Å². The highest BCUT2D eigenvalue weighted by Gasteiger charge is 2.41. The van der Waals surface area contributed by atoms with Crippen LogP contribution in [-0.2, 0) is 9.59 Å². The van der Waals surface area contributed by atoms with E-state index in [9.17, 15) is 9.59 Å². The van der Waals surface area contributed by atoms with E-state index in [0.717, 1.165) is 17.7 Å². The lowest BCUT2D eigenvalue weighted by molar-refractivity contribution is -0.139. The molecule has 2 amide bonds. The zero-order chi connectivity index (χ0) is 17.5. The molecule has 130 valence electrons. The summed E-state index contributed by atoms with van der Waals surface area (Å²) in [6, 6.07) is 8.00. The lowest BCUT2D eigenvalue weighted by atomic mass is 9.79.